The van der Waals surface area contributed by atoms with Gasteiger partial charge in [-0.05, 0) is 43.4 Å². The van der Waals surface area contributed by atoms with Crippen molar-refractivity contribution >= 4 is 29.4 Å². The van der Waals surface area contributed by atoms with Crippen LogP contribution in [0.15, 0.2) is 30.5 Å². The Morgan fingerprint density at radius 3 is 2.67 bits per heavy atom. The van der Waals surface area contributed by atoms with Crippen molar-refractivity contribution in [2.45, 2.75) is 44.4 Å². The minimum atomic E-state index is 0.0323. The number of halogens is 1. The molecule has 2 aliphatic heterocycles. The van der Waals surface area contributed by atoms with Crippen molar-refractivity contribution in [2.24, 2.45) is 0 Å². The summed E-state index contributed by atoms with van der Waals surface area (Å²) in [6.07, 6.45) is 7.23. The zero-order chi connectivity index (χ0) is 23.4. The molecule has 2 aliphatic rings. The lowest BCUT2D eigenvalue weighted by Crippen LogP contribution is -2.46. The molecule has 1 aromatic heterocycles. The first kappa shape index (κ1) is 23.5. The van der Waals surface area contributed by atoms with Crippen molar-refractivity contribution in [3.63, 3.8) is 0 Å². The molecule has 0 bridgehead atoms. The SMILES string of the molecule is CN(C)c1ncc(-c2ccc(Cl)cc2)c([C@H]2CCCN(C(=O)CN3CCCCCC3=O)C2)n1. The fourth-order valence-corrected chi connectivity index (χ4v) is 4.79. The summed E-state index contributed by atoms with van der Waals surface area (Å²) in [5, 5.41) is 0.684. The summed E-state index contributed by atoms with van der Waals surface area (Å²) in [5.41, 5.74) is 2.94. The number of carbonyl (C=O) groups is 2. The number of piperidine rings is 1. The predicted molar refractivity (Wildman–Crippen MR) is 130 cm³/mol. The molecule has 33 heavy (non-hydrogen) atoms. The maximum atomic E-state index is 13.1. The van der Waals surface area contributed by atoms with Gasteiger partial charge >= 0.3 is 0 Å². The lowest BCUT2D eigenvalue weighted by Gasteiger charge is -2.35. The van der Waals surface area contributed by atoms with Crippen molar-refractivity contribution in [3.8, 4) is 11.1 Å². The van der Waals surface area contributed by atoms with E-state index in [0.717, 1.165) is 55.5 Å². The van der Waals surface area contributed by atoms with E-state index in [4.69, 9.17) is 16.6 Å². The average Bonchev–Trinajstić information content (AvgIpc) is 3.03. The Morgan fingerprint density at radius 2 is 1.91 bits per heavy atom. The molecule has 4 rings (SSSR count). The summed E-state index contributed by atoms with van der Waals surface area (Å²) < 4.78 is 0. The van der Waals surface area contributed by atoms with Gasteiger partial charge in [0.1, 0.15) is 0 Å². The molecule has 2 saturated heterocycles. The van der Waals surface area contributed by atoms with E-state index in [1.165, 1.54) is 0 Å². The molecule has 0 aliphatic carbocycles. The van der Waals surface area contributed by atoms with E-state index in [1.54, 1.807) is 4.90 Å². The molecule has 8 heteroatoms. The van der Waals surface area contributed by atoms with Crippen LogP contribution >= 0.6 is 11.6 Å². The van der Waals surface area contributed by atoms with Gasteiger partial charge in [0.05, 0.1) is 12.2 Å². The van der Waals surface area contributed by atoms with Gasteiger partial charge in [0.15, 0.2) is 0 Å². The Balaban J connectivity index is 1.56. The van der Waals surface area contributed by atoms with Crippen molar-refractivity contribution in [3.05, 3.63) is 41.2 Å². The molecule has 0 saturated carbocycles. The van der Waals surface area contributed by atoms with Crippen LogP contribution in [0.2, 0.25) is 5.02 Å². The standard InChI is InChI=1S/C25H32ClN5O2/c1-29(2)25-27-15-21(18-9-11-20(26)12-10-18)24(28-25)19-7-6-14-30(16-19)23(33)17-31-13-5-3-4-8-22(31)32/h9-12,15,19H,3-8,13-14,16-17H2,1-2H3/t19-/m0/s1. The first-order chi connectivity index (χ1) is 15.9. The van der Waals surface area contributed by atoms with Gasteiger partial charge in [-0.1, -0.05) is 30.2 Å². The first-order valence-corrected chi connectivity index (χ1v) is 12.2. The number of hydrogen-bond donors (Lipinski definition) is 0. The second-order valence-corrected chi connectivity index (χ2v) is 9.61. The van der Waals surface area contributed by atoms with E-state index in [9.17, 15) is 9.59 Å². The van der Waals surface area contributed by atoms with Crippen molar-refractivity contribution in [2.75, 3.05) is 45.2 Å². The first-order valence-electron chi connectivity index (χ1n) is 11.8. The Labute approximate surface area is 200 Å². The normalized spacial score (nSPS) is 19.4. The van der Waals surface area contributed by atoms with E-state index >= 15 is 0 Å². The fourth-order valence-electron chi connectivity index (χ4n) is 4.66. The number of benzene rings is 1. The van der Waals surface area contributed by atoms with Crippen molar-refractivity contribution in [1.29, 1.82) is 0 Å². The van der Waals surface area contributed by atoms with E-state index in [-0.39, 0.29) is 24.3 Å². The van der Waals surface area contributed by atoms with Crippen LogP contribution in [0.3, 0.4) is 0 Å². The Kier molecular flexibility index (Phi) is 7.48. The predicted octanol–water partition coefficient (Wildman–Crippen LogP) is 3.97. The number of aromatic nitrogens is 2. The van der Waals surface area contributed by atoms with Crippen LogP contribution in [0.4, 0.5) is 5.95 Å². The second-order valence-electron chi connectivity index (χ2n) is 9.18. The van der Waals surface area contributed by atoms with Gasteiger partial charge in [0.2, 0.25) is 17.8 Å². The van der Waals surface area contributed by atoms with Gasteiger partial charge in [-0.2, -0.15) is 0 Å². The smallest absolute Gasteiger partial charge is 0.242 e. The van der Waals surface area contributed by atoms with Gasteiger partial charge < -0.3 is 14.7 Å². The molecule has 2 amide bonds. The summed E-state index contributed by atoms with van der Waals surface area (Å²) >= 11 is 6.10. The maximum Gasteiger partial charge on any atom is 0.242 e. The van der Waals surface area contributed by atoms with Crippen LogP contribution < -0.4 is 4.90 Å². The van der Waals surface area contributed by atoms with Crippen LogP contribution in [0, 0.1) is 0 Å². The number of rotatable bonds is 5. The third kappa shape index (κ3) is 5.64. The third-order valence-electron chi connectivity index (χ3n) is 6.52. The molecule has 2 fully saturated rings. The Morgan fingerprint density at radius 1 is 1.12 bits per heavy atom. The summed E-state index contributed by atoms with van der Waals surface area (Å²) in [7, 11) is 3.85. The van der Waals surface area contributed by atoms with E-state index in [1.807, 2.05) is 54.4 Å². The van der Waals surface area contributed by atoms with Crippen molar-refractivity contribution in [1.82, 2.24) is 19.8 Å². The minimum absolute atomic E-state index is 0.0323. The van der Waals surface area contributed by atoms with Gasteiger partial charge in [-0.15, -0.1) is 0 Å². The maximum absolute atomic E-state index is 13.1. The van der Waals surface area contributed by atoms with Crippen LogP contribution in [-0.4, -0.2) is 71.9 Å². The molecular formula is C25H32ClN5O2. The zero-order valence-electron chi connectivity index (χ0n) is 19.5. The molecule has 0 N–H and O–H groups in total. The Hall–Kier alpha value is -2.67. The molecule has 1 aromatic carbocycles. The van der Waals surface area contributed by atoms with Crippen LogP contribution in [0.5, 0.6) is 0 Å². The minimum Gasteiger partial charge on any atom is -0.347 e. The molecule has 7 nitrogen and oxygen atoms in total. The fraction of sp³-hybridized carbons (Fsp3) is 0.520. The number of hydrogen-bond acceptors (Lipinski definition) is 5. The van der Waals surface area contributed by atoms with Gasteiger partial charge in [0, 0.05) is 62.9 Å². The highest BCUT2D eigenvalue weighted by molar-refractivity contribution is 6.30. The highest BCUT2D eigenvalue weighted by atomic mass is 35.5. The lowest BCUT2D eigenvalue weighted by atomic mass is 9.90. The summed E-state index contributed by atoms with van der Waals surface area (Å²) in [6, 6.07) is 7.71. The summed E-state index contributed by atoms with van der Waals surface area (Å²) in [4.78, 5) is 40.5. The molecule has 3 heterocycles. The molecule has 0 unspecified atom stereocenters. The molecule has 1 atom stereocenters. The van der Waals surface area contributed by atoms with E-state index in [2.05, 4.69) is 4.98 Å². The van der Waals surface area contributed by atoms with E-state index < -0.39 is 0 Å². The number of nitrogens with zero attached hydrogens (tertiary/aromatic N) is 5. The molecular weight excluding hydrogens is 438 g/mol. The van der Waals surface area contributed by atoms with E-state index in [0.29, 0.717) is 30.5 Å². The highest BCUT2D eigenvalue weighted by Crippen LogP contribution is 2.34. The highest BCUT2D eigenvalue weighted by Gasteiger charge is 2.30. The number of anilines is 1. The average molecular weight is 470 g/mol. The molecule has 0 radical (unpaired) electrons. The zero-order valence-corrected chi connectivity index (χ0v) is 20.2. The van der Waals surface area contributed by atoms with Crippen molar-refractivity contribution < 1.29 is 9.59 Å². The van der Waals surface area contributed by atoms with Gasteiger partial charge in [0.25, 0.3) is 0 Å². The third-order valence-corrected chi connectivity index (χ3v) is 6.77. The van der Waals surface area contributed by atoms with Crippen LogP contribution in [-0.2, 0) is 9.59 Å². The lowest BCUT2D eigenvalue weighted by molar-refractivity contribution is -0.140. The van der Waals surface area contributed by atoms with Gasteiger partial charge in [-0.25, -0.2) is 9.97 Å². The summed E-state index contributed by atoms with van der Waals surface area (Å²) in [6.45, 7) is 2.19. The van der Waals surface area contributed by atoms with Gasteiger partial charge in [-0.3, -0.25) is 9.59 Å². The molecule has 2 aromatic rings. The second kappa shape index (κ2) is 10.5. The molecule has 176 valence electrons. The Bertz CT molecular complexity index is 995. The molecule has 0 spiro atoms. The summed E-state index contributed by atoms with van der Waals surface area (Å²) in [5.74, 6) is 0.895. The quantitative estimate of drug-likeness (QED) is 0.662. The largest absolute Gasteiger partial charge is 0.347 e. The number of amides is 2. The number of carbonyl (C=O) groups excluding carboxylic acids is 2. The van der Waals surface area contributed by atoms with Crippen LogP contribution in [0.25, 0.3) is 11.1 Å². The topological polar surface area (TPSA) is 69.6 Å². The number of likely N-dealkylation sites (tertiary alicyclic amines) is 2. The van der Waals surface area contributed by atoms with Crippen LogP contribution in [0.1, 0.15) is 50.1 Å². The monoisotopic (exact) mass is 469 g/mol.